The lowest BCUT2D eigenvalue weighted by Crippen LogP contribution is -2.38. The molecule has 0 heterocycles. The summed E-state index contributed by atoms with van der Waals surface area (Å²) < 4.78 is 4.92. The van der Waals surface area contributed by atoms with Crippen LogP contribution in [0.4, 0.5) is 0 Å². The number of hydrogen-bond donors (Lipinski definition) is 1. The minimum absolute atomic E-state index is 0.152. The first-order valence-corrected chi connectivity index (χ1v) is 8.27. The van der Waals surface area contributed by atoms with E-state index < -0.39 is 0 Å². The summed E-state index contributed by atoms with van der Waals surface area (Å²) in [5.74, 6) is 0.706. The van der Waals surface area contributed by atoms with Crippen LogP contribution in [0, 0.1) is 6.92 Å². The van der Waals surface area contributed by atoms with Crippen LogP contribution in [0.15, 0.2) is 29.3 Å². The molecule has 5 heteroatoms. The lowest BCUT2D eigenvalue weighted by atomic mass is 10.1. The summed E-state index contributed by atoms with van der Waals surface area (Å²) in [4.78, 5) is 18.0. The van der Waals surface area contributed by atoms with Crippen molar-refractivity contribution in [2.45, 2.75) is 40.2 Å². The molecule has 0 unspecified atom stereocenters. The Bertz CT molecular complexity index is 497. The van der Waals surface area contributed by atoms with Gasteiger partial charge in [-0.05, 0) is 32.8 Å². The summed E-state index contributed by atoms with van der Waals surface area (Å²) in [7, 11) is 2.02. The van der Waals surface area contributed by atoms with Gasteiger partial charge in [-0.1, -0.05) is 29.8 Å². The van der Waals surface area contributed by atoms with Crippen LogP contribution in [0.25, 0.3) is 0 Å². The van der Waals surface area contributed by atoms with Gasteiger partial charge >= 0.3 is 5.97 Å². The second kappa shape index (κ2) is 10.6. The maximum atomic E-state index is 11.3. The van der Waals surface area contributed by atoms with Crippen LogP contribution in [0.3, 0.4) is 0 Å². The summed E-state index contributed by atoms with van der Waals surface area (Å²) in [5, 5.41) is 3.29. The van der Waals surface area contributed by atoms with E-state index in [2.05, 4.69) is 46.4 Å². The molecular weight excluding hydrogens is 290 g/mol. The number of carbonyl (C=O) groups excluding carboxylic acids is 1. The Morgan fingerprint density at radius 2 is 1.96 bits per heavy atom. The van der Waals surface area contributed by atoms with Crippen molar-refractivity contribution in [3.8, 4) is 0 Å². The first-order valence-electron chi connectivity index (χ1n) is 8.27. The van der Waals surface area contributed by atoms with Gasteiger partial charge in [0.1, 0.15) is 0 Å². The van der Waals surface area contributed by atoms with Crippen molar-refractivity contribution in [1.82, 2.24) is 10.2 Å². The highest BCUT2D eigenvalue weighted by molar-refractivity contribution is 5.79. The minimum atomic E-state index is -0.152. The van der Waals surface area contributed by atoms with Crippen molar-refractivity contribution >= 4 is 11.9 Å². The molecule has 0 aliphatic rings. The number of hydrogen-bond acceptors (Lipinski definition) is 3. The van der Waals surface area contributed by atoms with E-state index in [9.17, 15) is 4.79 Å². The number of nitrogens with one attached hydrogen (secondary N) is 1. The molecule has 0 spiro atoms. The molecule has 0 aliphatic heterocycles. The van der Waals surface area contributed by atoms with Crippen molar-refractivity contribution in [3.05, 3.63) is 35.4 Å². The molecule has 23 heavy (non-hydrogen) atoms. The fourth-order valence-corrected chi connectivity index (χ4v) is 2.15. The van der Waals surface area contributed by atoms with Crippen LogP contribution < -0.4 is 5.32 Å². The number of guanidine groups is 1. The number of esters is 1. The largest absolute Gasteiger partial charge is 0.466 e. The average Bonchev–Trinajstić information content (AvgIpc) is 2.52. The molecule has 128 valence electrons. The van der Waals surface area contributed by atoms with E-state index in [1.165, 1.54) is 11.1 Å². The van der Waals surface area contributed by atoms with Crippen LogP contribution in [0.1, 0.15) is 37.8 Å². The van der Waals surface area contributed by atoms with E-state index in [1.54, 1.807) is 0 Å². The van der Waals surface area contributed by atoms with Gasteiger partial charge in [0.2, 0.25) is 0 Å². The molecule has 5 nitrogen and oxygen atoms in total. The zero-order valence-corrected chi connectivity index (χ0v) is 14.8. The highest BCUT2D eigenvalue weighted by atomic mass is 16.5. The van der Waals surface area contributed by atoms with E-state index in [4.69, 9.17) is 4.74 Å². The number of rotatable bonds is 8. The predicted octanol–water partition coefficient (Wildman–Crippen LogP) is 2.74. The van der Waals surface area contributed by atoms with Crippen LogP contribution in [0.2, 0.25) is 0 Å². The SMILES string of the molecule is CCNC(=NCCCC(=O)OCC)N(C)Cc1ccc(C)cc1. The van der Waals surface area contributed by atoms with Gasteiger partial charge in [-0.2, -0.15) is 0 Å². The molecule has 1 aromatic carbocycles. The maximum absolute atomic E-state index is 11.3. The van der Waals surface area contributed by atoms with Crippen LogP contribution in [-0.4, -0.2) is 43.6 Å². The first-order chi connectivity index (χ1) is 11.1. The highest BCUT2D eigenvalue weighted by Crippen LogP contribution is 2.06. The van der Waals surface area contributed by atoms with Gasteiger partial charge in [0, 0.05) is 33.1 Å². The zero-order valence-electron chi connectivity index (χ0n) is 14.8. The maximum Gasteiger partial charge on any atom is 0.305 e. The third-order valence-corrected chi connectivity index (χ3v) is 3.34. The van der Waals surface area contributed by atoms with Gasteiger partial charge < -0.3 is 15.0 Å². The third kappa shape index (κ3) is 7.68. The highest BCUT2D eigenvalue weighted by Gasteiger charge is 2.07. The zero-order chi connectivity index (χ0) is 17.1. The Morgan fingerprint density at radius 3 is 2.57 bits per heavy atom. The van der Waals surface area contributed by atoms with Crippen LogP contribution >= 0.6 is 0 Å². The number of benzene rings is 1. The summed E-state index contributed by atoms with van der Waals surface area (Å²) in [5.41, 5.74) is 2.51. The Morgan fingerprint density at radius 1 is 1.26 bits per heavy atom. The van der Waals surface area contributed by atoms with Gasteiger partial charge in [0.15, 0.2) is 5.96 Å². The van der Waals surface area contributed by atoms with E-state index in [-0.39, 0.29) is 5.97 Å². The number of nitrogens with zero attached hydrogens (tertiary/aromatic N) is 2. The first kappa shape index (κ1) is 19.0. The van der Waals surface area contributed by atoms with Crippen LogP contribution in [-0.2, 0) is 16.1 Å². The van der Waals surface area contributed by atoms with Gasteiger partial charge in [-0.15, -0.1) is 0 Å². The van der Waals surface area contributed by atoms with Crippen molar-refractivity contribution < 1.29 is 9.53 Å². The summed E-state index contributed by atoms with van der Waals surface area (Å²) in [6.07, 6.45) is 1.12. The number of ether oxygens (including phenoxy) is 1. The third-order valence-electron chi connectivity index (χ3n) is 3.34. The molecule has 0 radical (unpaired) electrons. The van der Waals surface area contributed by atoms with Gasteiger partial charge in [0.05, 0.1) is 6.61 Å². The van der Waals surface area contributed by atoms with Gasteiger partial charge in [-0.25, -0.2) is 0 Å². The monoisotopic (exact) mass is 319 g/mol. The summed E-state index contributed by atoms with van der Waals surface area (Å²) >= 11 is 0. The Labute approximate surface area is 139 Å². The molecule has 0 fully saturated rings. The lowest BCUT2D eigenvalue weighted by molar-refractivity contribution is -0.143. The lowest BCUT2D eigenvalue weighted by Gasteiger charge is -2.22. The summed E-state index contributed by atoms with van der Waals surface area (Å²) in [6.45, 7) is 8.61. The predicted molar refractivity (Wildman–Crippen MR) is 94.5 cm³/mol. The number of aryl methyl sites for hydroxylation is 1. The van der Waals surface area contributed by atoms with Crippen molar-refractivity contribution in [2.75, 3.05) is 26.7 Å². The fourth-order valence-electron chi connectivity index (χ4n) is 2.15. The van der Waals surface area contributed by atoms with Crippen LogP contribution in [0.5, 0.6) is 0 Å². The molecular formula is C18H29N3O2. The van der Waals surface area contributed by atoms with Gasteiger partial charge in [0.25, 0.3) is 0 Å². The van der Waals surface area contributed by atoms with E-state index in [0.29, 0.717) is 26.0 Å². The standard InChI is InChI=1S/C18H29N3O2/c1-5-19-18(20-13-7-8-17(22)23-6-2)21(4)14-16-11-9-15(3)10-12-16/h9-12H,5-8,13-14H2,1-4H3,(H,19,20). The topological polar surface area (TPSA) is 53.9 Å². The molecule has 0 aliphatic carbocycles. The quantitative estimate of drug-likeness (QED) is 0.346. The van der Waals surface area contributed by atoms with E-state index in [0.717, 1.165) is 19.0 Å². The van der Waals surface area contributed by atoms with Gasteiger partial charge in [-0.3, -0.25) is 9.79 Å². The molecule has 0 saturated carbocycles. The second-order valence-electron chi connectivity index (χ2n) is 5.49. The Balaban J connectivity index is 2.52. The molecule has 0 amide bonds. The second-order valence-corrected chi connectivity index (χ2v) is 5.49. The molecule has 0 atom stereocenters. The summed E-state index contributed by atoms with van der Waals surface area (Å²) in [6, 6.07) is 8.51. The van der Waals surface area contributed by atoms with E-state index in [1.807, 2.05) is 20.9 Å². The molecule has 0 saturated heterocycles. The molecule has 1 rings (SSSR count). The average molecular weight is 319 g/mol. The van der Waals surface area contributed by atoms with E-state index >= 15 is 0 Å². The Kier molecular flexibility index (Phi) is 8.80. The Hall–Kier alpha value is -2.04. The molecule has 1 aromatic rings. The normalized spacial score (nSPS) is 11.2. The van der Waals surface area contributed by atoms with Crippen molar-refractivity contribution in [1.29, 1.82) is 0 Å². The fraction of sp³-hybridized carbons (Fsp3) is 0.556. The smallest absolute Gasteiger partial charge is 0.305 e. The number of aliphatic imine (C=N–C) groups is 1. The minimum Gasteiger partial charge on any atom is -0.466 e. The molecule has 1 N–H and O–H groups in total. The van der Waals surface area contributed by atoms with Crippen molar-refractivity contribution in [3.63, 3.8) is 0 Å². The molecule has 0 bridgehead atoms. The van der Waals surface area contributed by atoms with Crippen molar-refractivity contribution in [2.24, 2.45) is 4.99 Å². The molecule has 0 aromatic heterocycles. The number of carbonyl (C=O) groups is 1.